The zero-order valence-electron chi connectivity index (χ0n) is 9.12. The molecule has 0 aliphatic rings. The zero-order chi connectivity index (χ0) is 11.5. The first-order valence-electron chi connectivity index (χ1n) is 5.19. The summed E-state index contributed by atoms with van der Waals surface area (Å²) in [5.74, 6) is 0. The maximum Gasteiger partial charge on any atom is 0.336 e. The van der Waals surface area contributed by atoms with Crippen molar-refractivity contribution < 1.29 is 4.42 Å². The molecule has 3 N–H and O–H groups in total. The predicted molar refractivity (Wildman–Crippen MR) is 64.8 cm³/mol. The lowest BCUT2D eigenvalue weighted by Crippen LogP contribution is -2.07. The maximum absolute atomic E-state index is 11.4. The number of nitrogens with two attached hydrogens (primary N) is 1. The van der Waals surface area contributed by atoms with E-state index in [0.717, 1.165) is 16.6 Å². The molecule has 0 atom stereocenters. The van der Waals surface area contributed by atoms with Crippen LogP contribution in [0.2, 0.25) is 0 Å². The number of rotatable bonds is 3. The maximum atomic E-state index is 11.4. The molecule has 0 radical (unpaired) electrons. The van der Waals surface area contributed by atoms with Crippen LogP contribution in [0, 0.1) is 0 Å². The number of hydrogen-bond acceptors (Lipinski definition) is 4. The van der Waals surface area contributed by atoms with E-state index in [4.69, 9.17) is 10.2 Å². The number of benzene rings is 1. The van der Waals surface area contributed by atoms with Crippen LogP contribution in [0.4, 0.5) is 5.69 Å². The Kier molecular flexibility index (Phi) is 2.92. The van der Waals surface area contributed by atoms with Gasteiger partial charge in [0.1, 0.15) is 5.58 Å². The largest absolute Gasteiger partial charge is 0.423 e. The molecule has 1 aromatic heterocycles. The van der Waals surface area contributed by atoms with Gasteiger partial charge in [-0.05, 0) is 30.7 Å². The summed E-state index contributed by atoms with van der Waals surface area (Å²) in [5, 5.41) is 3.95. The molecule has 1 aromatic carbocycles. The molecule has 0 spiro atoms. The molecule has 84 valence electrons. The molecule has 0 aliphatic heterocycles. The van der Waals surface area contributed by atoms with Crippen LogP contribution in [0.5, 0.6) is 0 Å². The topological polar surface area (TPSA) is 68.3 Å². The average Bonchev–Trinajstić information content (AvgIpc) is 2.28. The lowest BCUT2D eigenvalue weighted by Gasteiger charge is -2.05. The van der Waals surface area contributed by atoms with E-state index in [9.17, 15) is 4.79 Å². The van der Waals surface area contributed by atoms with E-state index in [1.807, 2.05) is 25.2 Å². The molecule has 0 aliphatic carbocycles. The van der Waals surface area contributed by atoms with Gasteiger partial charge in [0.05, 0.1) is 0 Å². The molecule has 4 heteroatoms. The second-order valence-electron chi connectivity index (χ2n) is 3.59. The van der Waals surface area contributed by atoms with Gasteiger partial charge < -0.3 is 15.5 Å². The van der Waals surface area contributed by atoms with Gasteiger partial charge in [0, 0.05) is 30.3 Å². The summed E-state index contributed by atoms with van der Waals surface area (Å²) in [4.78, 5) is 11.4. The van der Waals surface area contributed by atoms with Gasteiger partial charge in [-0.1, -0.05) is 0 Å². The van der Waals surface area contributed by atoms with Gasteiger partial charge >= 0.3 is 5.63 Å². The standard InChI is InChI=1S/C12H14N2O2/c1-14-9-2-3-10-8(4-5-13)6-12(15)16-11(10)7-9/h2-3,6-7,14H,4-5,13H2,1H3. The number of nitrogens with one attached hydrogen (secondary N) is 1. The van der Waals surface area contributed by atoms with E-state index in [0.29, 0.717) is 18.5 Å². The highest BCUT2D eigenvalue weighted by Gasteiger charge is 2.05. The number of fused-ring (bicyclic) bond motifs is 1. The minimum atomic E-state index is -0.329. The van der Waals surface area contributed by atoms with Crippen LogP contribution in [0.15, 0.2) is 33.5 Å². The molecule has 2 rings (SSSR count). The Morgan fingerprint density at radius 2 is 2.19 bits per heavy atom. The minimum absolute atomic E-state index is 0.329. The highest BCUT2D eigenvalue weighted by Crippen LogP contribution is 2.21. The van der Waals surface area contributed by atoms with Crippen LogP contribution in [0.25, 0.3) is 11.0 Å². The first-order chi connectivity index (χ1) is 7.74. The Balaban J connectivity index is 2.68. The molecule has 1 heterocycles. The molecule has 0 amide bonds. The normalized spacial score (nSPS) is 10.6. The Morgan fingerprint density at radius 3 is 2.88 bits per heavy atom. The van der Waals surface area contributed by atoms with E-state index >= 15 is 0 Å². The van der Waals surface area contributed by atoms with E-state index in [1.165, 1.54) is 6.07 Å². The van der Waals surface area contributed by atoms with Crippen LogP contribution in [0.3, 0.4) is 0 Å². The van der Waals surface area contributed by atoms with E-state index in [1.54, 1.807) is 0 Å². The smallest absolute Gasteiger partial charge is 0.336 e. The highest BCUT2D eigenvalue weighted by atomic mass is 16.4. The highest BCUT2D eigenvalue weighted by molar-refractivity contribution is 5.83. The Labute approximate surface area is 93.1 Å². The van der Waals surface area contributed by atoms with Crippen molar-refractivity contribution in [1.82, 2.24) is 0 Å². The Morgan fingerprint density at radius 1 is 1.38 bits per heavy atom. The lowest BCUT2D eigenvalue weighted by molar-refractivity contribution is 0.559. The van der Waals surface area contributed by atoms with Crippen molar-refractivity contribution in [3.8, 4) is 0 Å². The summed E-state index contributed by atoms with van der Waals surface area (Å²) in [6.45, 7) is 0.520. The fraction of sp³-hybridized carbons (Fsp3) is 0.250. The fourth-order valence-corrected chi connectivity index (χ4v) is 1.75. The summed E-state index contributed by atoms with van der Waals surface area (Å²) in [7, 11) is 1.82. The molecule has 0 saturated heterocycles. The van der Waals surface area contributed by atoms with Crippen LogP contribution in [0.1, 0.15) is 5.56 Å². The van der Waals surface area contributed by atoms with Gasteiger partial charge in [0.2, 0.25) is 0 Å². The van der Waals surface area contributed by atoms with E-state index in [-0.39, 0.29) is 5.63 Å². The van der Waals surface area contributed by atoms with Gasteiger partial charge in [-0.15, -0.1) is 0 Å². The van der Waals surface area contributed by atoms with Crippen LogP contribution < -0.4 is 16.7 Å². The summed E-state index contributed by atoms with van der Waals surface area (Å²) < 4.78 is 5.15. The molecule has 4 nitrogen and oxygen atoms in total. The number of anilines is 1. The molecule has 0 bridgehead atoms. The molecule has 2 aromatic rings. The first-order valence-corrected chi connectivity index (χ1v) is 5.19. The molecule has 0 saturated carbocycles. The van der Waals surface area contributed by atoms with Crippen molar-refractivity contribution in [3.05, 3.63) is 40.2 Å². The van der Waals surface area contributed by atoms with Crippen molar-refractivity contribution in [3.63, 3.8) is 0 Å². The Bertz CT molecular complexity index is 560. The summed E-state index contributed by atoms with van der Waals surface area (Å²) in [5.41, 5.74) is 7.64. The van der Waals surface area contributed by atoms with Gasteiger partial charge in [0.25, 0.3) is 0 Å². The molecule has 16 heavy (non-hydrogen) atoms. The quantitative estimate of drug-likeness (QED) is 0.763. The van der Waals surface area contributed by atoms with E-state index < -0.39 is 0 Å². The first kappa shape index (κ1) is 10.7. The predicted octanol–water partition coefficient (Wildman–Crippen LogP) is 1.34. The third-order valence-electron chi connectivity index (χ3n) is 2.53. The lowest BCUT2D eigenvalue weighted by atomic mass is 10.1. The summed E-state index contributed by atoms with van der Waals surface area (Å²) >= 11 is 0. The molecular formula is C12H14N2O2. The van der Waals surface area contributed by atoms with Crippen LogP contribution >= 0.6 is 0 Å². The van der Waals surface area contributed by atoms with Crippen molar-refractivity contribution in [2.45, 2.75) is 6.42 Å². The van der Waals surface area contributed by atoms with E-state index in [2.05, 4.69) is 5.32 Å². The zero-order valence-corrected chi connectivity index (χ0v) is 9.12. The van der Waals surface area contributed by atoms with Crippen molar-refractivity contribution in [1.29, 1.82) is 0 Å². The third-order valence-corrected chi connectivity index (χ3v) is 2.53. The fourth-order valence-electron chi connectivity index (χ4n) is 1.75. The van der Waals surface area contributed by atoms with Gasteiger partial charge in [-0.3, -0.25) is 0 Å². The monoisotopic (exact) mass is 218 g/mol. The number of hydrogen-bond donors (Lipinski definition) is 2. The van der Waals surface area contributed by atoms with Crippen molar-refractivity contribution in [2.24, 2.45) is 5.73 Å². The van der Waals surface area contributed by atoms with Crippen molar-refractivity contribution >= 4 is 16.7 Å². The van der Waals surface area contributed by atoms with Crippen molar-refractivity contribution in [2.75, 3.05) is 18.9 Å². The molecular weight excluding hydrogens is 204 g/mol. The van der Waals surface area contributed by atoms with Crippen LogP contribution in [-0.4, -0.2) is 13.6 Å². The minimum Gasteiger partial charge on any atom is -0.423 e. The van der Waals surface area contributed by atoms with Gasteiger partial charge in [0.15, 0.2) is 0 Å². The molecule has 0 unspecified atom stereocenters. The third kappa shape index (κ3) is 1.92. The second kappa shape index (κ2) is 4.37. The van der Waals surface area contributed by atoms with Crippen LogP contribution in [-0.2, 0) is 6.42 Å². The Hall–Kier alpha value is -1.81. The second-order valence-corrected chi connectivity index (χ2v) is 3.59. The molecule has 0 fully saturated rings. The van der Waals surface area contributed by atoms with Gasteiger partial charge in [-0.25, -0.2) is 4.79 Å². The average molecular weight is 218 g/mol. The summed E-state index contributed by atoms with van der Waals surface area (Å²) in [6, 6.07) is 7.21. The van der Waals surface area contributed by atoms with Gasteiger partial charge in [-0.2, -0.15) is 0 Å². The SMILES string of the molecule is CNc1ccc2c(CCN)cc(=O)oc2c1. The summed E-state index contributed by atoms with van der Waals surface area (Å²) in [6.07, 6.45) is 0.682.